The highest BCUT2D eigenvalue weighted by Crippen LogP contribution is 2.52. The summed E-state index contributed by atoms with van der Waals surface area (Å²) >= 11 is 11.2. The maximum atomic E-state index is 13.4. The third-order valence-corrected chi connectivity index (χ3v) is 26.3. The number of benzene rings is 12. The number of aromatic hydroxyl groups is 4. The summed E-state index contributed by atoms with van der Waals surface area (Å²) in [5, 5.41) is 112. The van der Waals surface area contributed by atoms with Crippen LogP contribution in [0.15, 0.2) is 291 Å². The average molecular weight is 1790 g/mol. The first kappa shape index (κ1) is 92.0. The van der Waals surface area contributed by atoms with Gasteiger partial charge in [0.15, 0.2) is 0 Å². The Morgan fingerprint density at radius 2 is 0.768 bits per heavy atom. The molecule has 0 aromatic heterocycles. The largest absolute Gasteiger partial charge is 0.508 e. The standard InChI is InChI=1S/C36H36FNO8S.C30H27FNO6PS.C21H17NO3S.C9H11FOS/c37-24-13-10-21(11-14-24)27(40)16-17-47-35-30(38(36(35)45)25-4-2-1-3-5-25)26-15-12-23(18-28(26)41)20-6-8-22(9-7-20)34-33(44)32(43)31(42)29(19-39)46-34;31-22-11-6-20(7-12-22)26(33)16-17-40-29-28(32(30(29)35)23-4-2-1-3-5-23)25-15-10-21(18-27(25)34)19-8-13-24(14-9-19)39(36,37)38;23-16-8-4-5-13(11-16)14-9-10-17(18(24)12-14)19-20(26)21(25)22(19)15-6-2-1-3-7-15;10-8-3-1-7(2-4-8)9(11)5-6-12/h1-15,18,27,29-35,39-44H,16-17,19H2;1-15,18,26,28-29,33-34H,16-17H2,(H2,36,37,38);1-12,19-20,23-24,26H;1-4,9,11-12H,5-6H2/t27-,29+,30+,31+,32-,33+,34?,35+;26-,28+,29+;19-,20-;9-/m0010/s1. The molecule has 13 N–H and O–H groups in total. The van der Waals surface area contributed by atoms with Gasteiger partial charge in [-0.2, -0.15) is 25.3 Å². The number of carbonyl (C=O) groups excluding carboxylic acids is 3. The van der Waals surface area contributed by atoms with E-state index in [2.05, 4.69) is 25.3 Å². The summed E-state index contributed by atoms with van der Waals surface area (Å²) in [7, 11) is -4.36. The molecule has 0 saturated carbocycles. The Morgan fingerprint density at radius 3 is 1.14 bits per heavy atom. The number of hydrogen-bond acceptors (Lipinski definition) is 20. The van der Waals surface area contributed by atoms with Crippen LogP contribution in [0.25, 0.3) is 33.4 Å². The molecule has 29 heteroatoms. The molecule has 3 amide bonds. The minimum absolute atomic E-state index is 0.00746. The van der Waals surface area contributed by atoms with Gasteiger partial charge in [0.25, 0.3) is 0 Å². The Morgan fingerprint density at radius 1 is 0.408 bits per heavy atom. The number of ether oxygens (including phenoxy) is 1. The van der Waals surface area contributed by atoms with Gasteiger partial charge in [0.1, 0.15) is 86.7 Å². The summed E-state index contributed by atoms with van der Waals surface area (Å²) in [5.74, 6) is 0.507. The summed E-state index contributed by atoms with van der Waals surface area (Å²) < 4.78 is 56.1. The molecule has 648 valence electrons. The van der Waals surface area contributed by atoms with Gasteiger partial charge in [-0.15, -0.1) is 23.5 Å². The zero-order valence-electron chi connectivity index (χ0n) is 66.7. The third kappa shape index (κ3) is 21.5. The van der Waals surface area contributed by atoms with E-state index in [1.807, 2.05) is 115 Å². The second-order valence-corrected chi connectivity index (χ2v) is 35.2. The average Bonchev–Trinajstić information content (AvgIpc) is 0.743. The summed E-state index contributed by atoms with van der Waals surface area (Å²) in [6, 6.07) is 79.2. The van der Waals surface area contributed by atoms with Gasteiger partial charge in [-0.3, -0.25) is 18.9 Å². The van der Waals surface area contributed by atoms with Crippen LogP contribution in [0.4, 0.5) is 30.2 Å². The first-order valence-electron chi connectivity index (χ1n) is 39.9. The predicted molar refractivity (Wildman–Crippen MR) is 484 cm³/mol. The number of amides is 3. The molecule has 0 bridgehead atoms. The fraction of sp³-hybridized carbons (Fsp3) is 0.219. The van der Waals surface area contributed by atoms with Gasteiger partial charge in [0, 0.05) is 33.8 Å². The van der Waals surface area contributed by atoms with Gasteiger partial charge in [0.2, 0.25) is 17.7 Å². The van der Waals surface area contributed by atoms with E-state index in [0.29, 0.717) is 98.0 Å². The normalized spacial score (nSPS) is 21.0. The molecule has 4 aliphatic heterocycles. The van der Waals surface area contributed by atoms with Crippen LogP contribution in [0.2, 0.25) is 0 Å². The summed E-state index contributed by atoms with van der Waals surface area (Å²) in [6.45, 7) is -0.517. The van der Waals surface area contributed by atoms with Crippen LogP contribution in [0, 0.1) is 17.5 Å². The number of para-hydroxylation sites is 3. The molecule has 0 spiro atoms. The Bertz CT molecular complexity index is 5710. The van der Waals surface area contributed by atoms with Crippen LogP contribution in [0.3, 0.4) is 0 Å². The molecule has 4 aliphatic rings. The van der Waals surface area contributed by atoms with E-state index >= 15 is 0 Å². The second-order valence-electron chi connectivity index (χ2n) is 30.1. The highest BCUT2D eigenvalue weighted by Gasteiger charge is 2.53. The minimum Gasteiger partial charge on any atom is -0.508 e. The number of thiol groups is 2. The van der Waals surface area contributed by atoms with E-state index in [9.17, 15) is 98.1 Å². The summed E-state index contributed by atoms with van der Waals surface area (Å²) in [5.41, 5.74) is 10.8. The van der Waals surface area contributed by atoms with Gasteiger partial charge in [-0.05, 0) is 207 Å². The molecule has 4 saturated heterocycles. The first-order chi connectivity index (χ1) is 60.1. The smallest absolute Gasteiger partial charge is 0.356 e. The summed E-state index contributed by atoms with van der Waals surface area (Å²) in [6.07, 6.45) is -7.09. The molecule has 4 fully saturated rings. The molecule has 12 aromatic rings. The number of thioether (sulfide) groups is 2. The fourth-order valence-corrected chi connectivity index (χ4v) is 19.1. The van der Waals surface area contributed by atoms with E-state index < -0.39 is 90.9 Å². The molecule has 1 unspecified atom stereocenters. The molecule has 14 atom stereocenters. The quantitative estimate of drug-likeness (QED) is 0.0144. The van der Waals surface area contributed by atoms with E-state index in [-0.39, 0.29) is 69.5 Å². The monoisotopic (exact) mass is 1790 g/mol. The van der Waals surface area contributed by atoms with Crippen LogP contribution < -0.4 is 20.0 Å². The van der Waals surface area contributed by atoms with Crippen molar-refractivity contribution < 1.29 is 103 Å². The molecular formula is C96H91F3N3O18PS4. The Kier molecular flexibility index (Phi) is 30.6. The van der Waals surface area contributed by atoms with Crippen molar-refractivity contribution in [3.8, 4) is 56.4 Å². The summed E-state index contributed by atoms with van der Waals surface area (Å²) in [4.78, 5) is 62.7. The number of phenolic OH excluding ortho intramolecular Hbond substituents is 4. The Hall–Kier alpha value is -10.7. The first-order valence-corrected chi connectivity index (χ1v) is 44.8. The number of rotatable bonds is 25. The molecule has 0 radical (unpaired) electrons. The number of phenols is 4. The van der Waals surface area contributed by atoms with E-state index in [0.717, 1.165) is 27.9 Å². The van der Waals surface area contributed by atoms with Crippen molar-refractivity contribution in [2.24, 2.45) is 0 Å². The lowest BCUT2D eigenvalue weighted by atomic mass is 9.89. The van der Waals surface area contributed by atoms with Gasteiger partial charge in [-0.1, -0.05) is 176 Å². The lowest BCUT2D eigenvalue weighted by molar-refractivity contribution is -0.231. The van der Waals surface area contributed by atoms with E-state index in [1.54, 1.807) is 142 Å². The maximum absolute atomic E-state index is 13.4. The van der Waals surface area contributed by atoms with Crippen LogP contribution in [0.5, 0.6) is 23.0 Å². The number of β-lactam (4-membered cyclic amide) rings is 3. The molecule has 21 nitrogen and oxygen atoms in total. The fourth-order valence-electron chi connectivity index (χ4n) is 15.3. The predicted octanol–water partition coefficient (Wildman–Crippen LogP) is 15.7. The molecule has 4 heterocycles. The highest BCUT2D eigenvalue weighted by molar-refractivity contribution is 8.01. The number of halogens is 3. The maximum Gasteiger partial charge on any atom is 0.356 e. The van der Waals surface area contributed by atoms with Gasteiger partial charge in [-0.25, -0.2) is 13.2 Å². The van der Waals surface area contributed by atoms with Crippen molar-refractivity contribution in [2.75, 3.05) is 38.6 Å². The van der Waals surface area contributed by atoms with Crippen LogP contribution >= 0.6 is 56.4 Å². The SMILES string of the molecule is O=C1[C@H](S)[C@@H](c2ccc(-c3cccc(O)c3)cc2O)N1c1ccccc1.O=C1[C@H](SCC[C@H](O)c2ccc(F)cc2)[C@@H](c2ccc(-c3ccc(C4O[C@H](CO)[C@@H](O)[C@H](O)[C@H]4O)cc3)cc2O)N1c1ccccc1.O=C1[C@H](SCC[C@H](O)c2ccc(F)cc2)[C@@H](c2ccc(-c3ccc(P(=O)(O)O)cc3)cc2O)N1c1ccccc1.O[C@@H](CCS)c1ccc(F)cc1. The third-order valence-electron chi connectivity index (χ3n) is 22.0. The van der Waals surface area contributed by atoms with Crippen molar-refractivity contribution >= 4 is 96.5 Å². The zero-order valence-corrected chi connectivity index (χ0v) is 71.1. The lowest BCUT2D eigenvalue weighted by Crippen LogP contribution is -2.57. The van der Waals surface area contributed by atoms with Crippen molar-refractivity contribution in [3.05, 3.63) is 348 Å². The number of aliphatic hydroxyl groups excluding tert-OH is 7. The Balaban J connectivity index is 0.000000155. The van der Waals surface area contributed by atoms with Crippen molar-refractivity contribution in [1.82, 2.24) is 0 Å². The number of nitrogens with zero attached hydrogens (tertiary/aromatic N) is 3. The van der Waals surface area contributed by atoms with Crippen LogP contribution in [0.1, 0.15) is 101 Å². The van der Waals surface area contributed by atoms with Crippen molar-refractivity contribution in [1.29, 1.82) is 0 Å². The van der Waals surface area contributed by atoms with Gasteiger partial charge >= 0.3 is 7.60 Å². The minimum atomic E-state index is -4.36. The van der Waals surface area contributed by atoms with E-state index in [4.69, 9.17) is 4.74 Å². The van der Waals surface area contributed by atoms with Crippen molar-refractivity contribution in [2.45, 2.75) is 102 Å². The zero-order chi connectivity index (χ0) is 88.9. The topological polar surface area (TPSA) is 350 Å². The van der Waals surface area contributed by atoms with Crippen LogP contribution in [-0.2, 0) is 23.7 Å². The second kappa shape index (κ2) is 41.6. The van der Waals surface area contributed by atoms with Crippen LogP contribution in [-0.4, -0.2) is 148 Å². The molecule has 12 aromatic carbocycles. The molecule has 125 heavy (non-hydrogen) atoms. The number of carbonyl (C=O) groups is 3. The van der Waals surface area contributed by atoms with E-state index in [1.165, 1.54) is 72.1 Å². The highest BCUT2D eigenvalue weighted by atomic mass is 32.2. The van der Waals surface area contributed by atoms with Gasteiger partial charge < -0.3 is 85.4 Å². The molecule has 0 aliphatic carbocycles. The molecule has 16 rings (SSSR count). The lowest BCUT2D eigenvalue weighted by Gasteiger charge is -2.47. The number of anilines is 3. The van der Waals surface area contributed by atoms with Crippen molar-refractivity contribution in [3.63, 3.8) is 0 Å². The van der Waals surface area contributed by atoms with Gasteiger partial charge in [0.05, 0.1) is 48.3 Å². The Labute approximate surface area is 739 Å². The number of aliphatic hydroxyl groups is 7. The number of hydrogen-bond donors (Lipinski definition) is 15. The molecular weight excluding hydrogens is 1700 g/mol.